The molecule has 0 saturated carbocycles. The minimum atomic E-state index is -0.928. The van der Waals surface area contributed by atoms with Gasteiger partial charge in [0, 0.05) is 0 Å². The third kappa shape index (κ3) is 3.49. The second kappa shape index (κ2) is 5.09. The lowest BCUT2D eigenvalue weighted by molar-refractivity contribution is -0.142. The zero-order valence-corrected chi connectivity index (χ0v) is 8.90. The molecule has 15 heavy (non-hydrogen) atoms. The number of carbonyl (C=O) groups excluding carboxylic acids is 1. The van der Waals surface area contributed by atoms with Crippen molar-refractivity contribution in [1.82, 2.24) is 10.2 Å². The Labute approximate surface area is 88.2 Å². The number of carboxylic acid groups (broad SMARTS) is 1. The van der Waals surface area contributed by atoms with Crippen molar-refractivity contribution in [1.29, 1.82) is 0 Å². The monoisotopic (exact) mass is 216 g/mol. The van der Waals surface area contributed by atoms with Gasteiger partial charge in [0.05, 0.1) is 25.8 Å². The molecule has 0 aromatic heterocycles. The number of hydrogen-bond acceptors (Lipinski definition) is 4. The Balaban J connectivity index is 2.43. The molecule has 1 saturated heterocycles. The molecule has 6 nitrogen and oxygen atoms in total. The lowest BCUT2D eigenvalue weighted by atomic mass is 10.0. The number of carboxylic acids is 1. The Hall–Kier alpha value is -1.14. The van der Waals surface area contributed by atoms with Crippen molar-refractivity contribution in [3.05, 3.63) is 0 Å². The fraction of sp³-hybridized carbons (Fsp3) is 0.778. The smallest absolute Gasteiger partial charge is 0.311 e. The van der Waals surface area contributed by atoms with Gasteiger partial charge in [0.25, 0.3) is 0 Å². The summed E-state index contributed by atoms with van der Waals surface area (Å²) in [6, 6.07) is -0.407. The number of hydrogen-bond donors (Lipinski definition) is 2. The lowest BCUT2D eigenvalue weighted by Crippen LogP contribution is -2.45. The van der Waals surface area contributed by atoms with Crippen LogP contribution in [-0.4, -0.2) is 61.8 Å². The van der Waals surface area contributed by atoms with Crippen LogP contribution in [0.25, 0.3) is 0 Å². The first kappa shape index (κ1) is 11.9. The highest BCUT2D eigenvalue weighted by Gasteiger charge is 2.34. The zero-order valence-electron chi connectivity index (χ0n) is 8.90. The van der Waals surface area contributed by atoms with E-state index in [0.29, 0.717) is 0 Å². The Morgan fingerprint density at radius 3 is 2.67 bits per heavy atom. The highest BCUT2D eigenvalue weighted by atomic mass is 16.5. The summed E-state index contributed by atoms with van der Waals surface area (Å²) >= 11 is 0. The number of rotatable bonds is 4. The van der Waals surface area contributed by atoms with Crippen LogP contribution in [-0.2, 0) is 14.3 Å². The van der Waals surface area contributed by atoms with Crippen LogP contribution < -0.4 is 5.32 Å². The van der Waals surface area contributed by atoms with E-state index in [9.17, 15) is 9.59 Å². The third-order valence-electron chi connectivity index (χ3n) is 2.20. The molecule has 0 bridgehead atoms. The van der Waals surface area contributed by atoms with E-state index in [1.54, 1.807) is 19.0 Å². The van der Waals surface area contributed by atoms with Crippen LogP contribution in [0.1, 0.15) is 0 Å². The van der Waals surface area contributed by atoms with Crippen LogP contribution in [0.3, 0.4) is 0 Å². The molecule has 2 unspecified atom stereocenters. The molecular formula is C9H16N2O4. The molecule has 0 radical (unpaired) electrons. The first-order valence-corrected chi connectivity index (χ1v) is 4.75. The zero-order chi connectivity index (χ0) is 11.4. The summed E-state index contributed by atoms with van der Waals surface area (Å²) in [5, 5.41) is 11.5. The van der Waals surface area contributed by atoms with Gasteiger partial charge in [-0.2, -0.15) is 0 Å². The number of aliphatic carboxylic acids is 1. The molecule has 1 amide bonds. The fourth-order valence-electron chi connectivity index (χ4n) is 1.48. The van der Waals surface area contributed by atoms with Crippen LogP contribution in [0.15, 0.2) is 0 Å². The standard InChI is InChI=1S/C9H16N2O4/c1-11(2)3-8(12)10-7-5-15-4-6(7)9(13)14/h6-7H,3-5H2,1-2H3,(H,10,12)(H,13,14). The van der Waals surface area contributed by atoms with Gasteiger partial charge in [0.15, 0.2) is 0 Å². The normalized spacial score (nSPS) is 25.5. The summed E-state index contributed by atoms with van der Waals surface area (Å²) in [5.74, 6) is -1.74. The summed E-state index contributed by atoms with van der Waals surface area (Å²) in [6.45, 7) is 0.696. The average Bonchev–Trinajstić information content (AvgIpc) is 2.50. The van der Waals surface area contributed by atoms with Crippen LogP contribution in [0.5, 0.6) is 0 Å². The lowest BCUT2D eigenvalue weighted by Gasteiger charge is -2.17. The van der Waals surface area contributed by atoms with Crippen LogP contribution in [0, 0.1) is 5.92 Å². The summed E-state index contributed by atoms with van der Waals surface area (Å²) in [7, 11) is 3.55. The van der Waals surface area contributed by atoms with E-state index in [1.165, 1.54) is 0 Å². The fourth-order valence-corrected chi connectivity index (χ4v) is 1.48. The maximum atomic E-state index is 11.4. The molecule has 1 fully saturated rings. The quantitative estimate of drug-likeness (QED) is 0.615. The highest BCUT2D eigenvalue weighted by Crippen LogP contribution is 2.13. The molecule has 1 rings (SSSR count). The van der Waals surface area contributed by atoms with E-state index in [0.717, 1.165) is 0 Å². The largest absolute Gasteiger partial charge is 0.481 e. The number of nitrogens with one attached hydrogen (secondary N) is 1. The van der Waals surface area contributed by atoms with Gasteiger partial charge in [-0.1, -0.05) is 0 Å². The molecular weight excluding hydrogens is 200 g/mol. The second-order valence-electron chi connectivity index (χ2n) is 3.89. The molecule has 0 aromatic carbocycles. The molecule has 86 valence electrons. The highest BCUT2D eigenvalue weighted by molar-refractivity contribution is 5.80. The van der Waals surface area contributed by atoms with Gasteiger partial charge >= 0.3 is 5.97 Å². The second-order valence-corrected chi connectivity index (χ2v) is 3.89. The number of nitrogens with zero attached hydrogens (tertiary/aromatic N) is 1. The van der Waals surface area contributed by atoms with Crippen molar-refractivity contribution in [2.75, 3.05) is 33.9 Å². The first-order chi connectivity index (χ1) is 7.00. The van der Waals surface area contributed by atoms with Gasteiger partial charge in [-0.3, -0.25) is 9.59 Å². The molecule has 1 aliphatic heterocycles. The predicted molar refractivity (Wildman–Crippen MR) is 52.4 cm³/mol. The number of likely N-dealkylation sites (N-methyl/N-ethyl adjacent to an activating group) is 1. The summed E-state index contributed by atoms with van der Waals surface area (Å²) in [4.78, 5) is 23.9. The molecule has 1 heterocycles. The Morgan fingerprint density at radius 1 is 1.47 bits per heavy atom. The Bertz CT molecular complexity index is 254. The van der Waals surface area contributed by atoms with Crippen LogP contribution in [0.4, 0.5) is 0 Å². The predicted octanol–water partition coefficient (Wildman–Crippen LogP) is -1.24. The van der Waals surface area contributed by atoms with Crippen molar-refractivity contribution in [3.8, 4) is 0 Å². The van der Waals surface area contributed by atoms with Crippen LogP contribution >= 0.6 is 0 Å². The van der Waals surface area contributed by atoms with Crippen LogP contribution in [0.2, 0.25) is 0 Å². The van der Waals surface area contributed by atoms with E-state index in [4.69, 9.17) is 9.84 Å². The summed E-state index contributed by atoms with van der Waals surface area (Å²) < 4.78 is 5.03. The van der Waals surface area contributed by atoms with E-state index in [-0.39, 0.29) is 25.7 Å². The third-order valence-corrected chi connectivity index (χ3v) is 2.20. The number of ether oxygens (including phenoxy) is 1. The van der Waals surface area contributed by atoms with Crippen molar-refractivity contribution in [2.24, 2.45) is 5.92 Å². The number of carbonyl (C=O) groups is 2. The van der Waals surface area contributed by atoms with Crippen molar-refractivity contribution < 1.29 is 19.4 Å². The van der Waals surface area contributed by atoms with E-state index in [1.807, 2.05) is 0 Å². The molecule has 0 aromatic rings. The van der Waals surface area contributed by atoms with Crippen molar-refractivity contribution in [2.45, 2.75) is 6.04 Å². The molecule has 1 aliphatic rings. The SMILES string of the molecule is CN(C)CC(=O)NC1COCC1C(=O)O. The van der Waals surface area contributed by atoms with E-state index in [2.05, 4.69) is 5.32 Å². The van der Waals surface area contributed by atoms with Gasteiger partial charge in [-0.25, -0.2) is 0 Å². The summed E-state index contributed by atoms with van der Waals surface area (Å²) in [6.07, 6.45) is 0. The van der Waals surface area contributed by atoms with Crippen molar-refractivity contribution in [3.63, 3.8) is 0 Å². The molecule has 2 N–H and O–H groups in total. The molecule has 0 aliphatic carbocycles. The minimum absolute atomic E-state index is 0.169. The van der Waals surface area contributed by atoms with Gasteiger partial charge < -0.3 is 20.1 Å². The Kier molecular flexibility index (Phi) is 4.05. The maximum Gasteiger partial charge on any atom is 0.311 e. The van der Waals surface area contributed by atoms with Gasteiger partial charge in [-0.15, -0.1) is 0 Å². The van der Waals surface area contributed by atoms with E-state index >= 15 is 0 Å². The molecule has 6 heteroatoms. The minimum Gasteiger partial charge on any atom is -0.481 e. The maximum absolute atomic E-state index is 11.4. The molecule has 0 spiro atoms. The summed E-state index contributed by atoms with van der Waals surface area (Å²) in [5.41, 5.74) is 0. The molecule has 2 atom stereocenters. The van der Waals surface area contributed by atoms with Gasteiger partial charge in [0.1, 0.15) is 5.92 Å². The Morgan fingerprint density at radius 2 is 2.13 bits per heavy atom. The van der Waals surface area contributed by atoms with Crippen molar-refractivity contribution >= 4 is 11.9 Å². The van der Waals surface area contributed by atoms with E-state index < -0.39 is 17.9 Å². The first-order valence-electron chi connectivity index (χ1n) is 4.75. The average molecular weight is 216 g/mol. The van der Waals surface area contributed by atoms with Gasteiger partial charge in [-0.05, 0) is 14.1 Å². The number of amides is 1. The topological polar surface area (TPSA) is 78.9 Å². The van der Waals surface area contributed by atoms with Gasteiger partial charge in [0.2, 0.25) is 5.91 Å².